The summed E-state index contributed by atoms with van der Waals surface area (Å²) in [5.74, 6) is 1.53. The van der Waals surface area contributed by atoms with Gasteiger partial charge in [-0.1, -0.05) is 35.0 Å². The van der Waals surface area contributed by atoms with E-state index in [1.807, 2.05) is 66.9 Å². The number of rotatable bonds is 6. The van der Waals surface area contributed by atoms with Crippen molar-refractivity contribution in [1.29, 1.82) is 0 Å². The zero-order valence-electron chi connectivity index (χ0n) is 18.5. The number of urea groups is 1. The Hall–Kier alpha value is -3.62. The molecule has 1 N–H and O–H groups in total. The van der Waals surface area contributed by atoms with Gasteiger partial charge in [0.25, 0.3) is 5.89 Å². The molecule has 0 saturated carbocycles. The Balaban J connectivity index is 1.58. The molecular weight excluding hydrogens is 472 g/mol. The van der Waals surface area contributed by atoms with Crippen LogP contribution in [0.25, 0.3) is 17.0 Å². The molecule has 0 fully saturated rings. The summed E-state index contributed by atoms with van der Waals surface area (Å²) in [5.41, 5.74) is 3.09. The van der Waals surface area contributed by atoms with E-state index in [0.29, 0.717) is 23.3 Å². The van der Waals surface area contributed by atoms with Crippen molar-refractivity contribution in [2.24, 2.45) is 0 Å². The van der Waals surface area contributed by atoms with Gasteiger partial charge >= 0.3 is 6.03 Å². The van der Waals surface area contributed by atoms with Crippen LogP contribution in [0, 0.1) is 0 Å². The lowest BCUT2D eigenvalue weighted by atomic mass is 9.94. The first-order valence-electron chi connectivity index (χ1n) is 10.6. The molecule has 5 rings (SSSR count). The van der Waals surface area contributed by atoms with Crippen molar-refractivity contribution >= 4 is 34.5 Å². The number of thiophene rings is 1. The Morgan fingerprint density at radius 1 is 1.18 bits per heavy atom. The van der Waals surface area contributed by atoms with Gasteiger partial charge in [-0.3, -0.25) is 4.90 Å². The number of methoxy groups -OCH3 is 1. The first kappa shape index (κ1) is 22.2. The number of nitrogens with zero attached hydrogens (tertiary/aromatic N) is 3. The number of halogens is 1. The van der Waals surface area contributed by atoms with Gasteiger partial charge in [0.1, 0.15) is 5.75 Å². The van der Waals surface area contributed by atoms with Crippen LogP contribution in [0.2, 0.25) is 5.02 Å². The van der Waals surface area contributed by atoms with Crippen molar-refractivity contribution in [3.05, 3.63) is 93.1 Å². The topological polar surface area (TPSA) is 80.5 Å². The van der Waals surface area contributed by atoms with Gasteiger partial charge in [0.15, 0.2) is 0 Å². The summed E-state index contributed by atoms with van der Waals surface area (Å²) >= 11 is 7.86. The van der Waals surface area contributed by atoms with E-state index in [1.54, 1.807) is 29.4 Å². The molecule has 0 spiro atoms. The Morgan fingerprint density at radius 3 is 2.71 bits per heavy atom. The summed E-state index contributed by atoms with van der Waals surface area (Å²) < 4.78 is 11.0. The molecule has 1 aliphatic heterocycles. The Morgan fingerprint density at radius 2 is 2.00 bits per heavy atom. The van der Waals surface area contributed by atoms with Gasteiger partial charge in [-0.2, -0.15) is 4.98 Å². The van der Waals surface area contributed by atoms with Crippen LogP contribution in [0.15, 0.2) is 76.3 Å². The lowest BCUT2D eigenvalue weighted by Crippen LogP contribution is -2.45. The van der Waals surface area contributed by atoms with Gasteiger partial charge in [-0.25, -0.2) is 4.79 Å². The molecule has 1 unspecified atom stereocenters. The Kier molecular flexibility index (Phi) is 6.08. The molecule has 172 valence electrons. The standard InChI is InChI=1S/C25H21ClN4O3S/c1-15-21(24-28-23(29-33-24)16-8-10-19(32-2)11-9-16)22(17-5-3-6-18(26)13-17)27-25(31)30(15)14-20-7-4-12-34-20/h3-13,22H,14H2,1-2H3,(H,27,31). The van der Waals surface area contributed by atoms with Crippen molar-refractivity contribution in [3.63, 3.8) is 0 Å². The normalized spacial score (nSPS) is 16.0. The highest BCUT2D eigenvalue weighted by Crippen LogP contribution is 2.38. The SMILES string of the molecule is COc1ccc(-c2noc(C3=C(C)N(Cc4cccs4)C(=O)NC3c3cccc(Cl)c3)n2)cc1. The van der Waals surface area contributed by atoms with Gasteiger partial charge in [-0.15, -0.1) is 11.3 Å². The molecule has 7 nitrogen and oxygen atoms in total. The van der Waals surface area contributed by atoms with Crippen LogP contribution < -0.4 is 10.1 Å². The van der Waals surface area contributed by atoms with Crippen molar-refractivity contribution in [2.45, 2.75) is 19.5 Å². The zero-order chi connectivity index (χ0) is 23.7. The number of amides is 2. The predicted molar refractivity (Wildman–Crippen MR) is 131 cm³/mol. The molecule has 2 amide bonds. The Bertz CT molecular complexity index is 1350. The molecule has 0 saturated heterocycles. The number of carbonyl (C=O) groups excluding carboxylic acids is 1. The van der Waals surface area contributed by atoms with Gasteiger partial charge < -0.3 is 14.6 Å². The summed E-state index contributed by atoms with van der Waals surface area (Å²) in [6.07, 6.45) is 0. The van der Waals surface area contributed by atoms with Crippen molar-refractivity contribution in [3.8, 4) is 17.1 Å². The highest BCUT2D eigenvalue weighted by molar-refractivity contribution is 7.09. The van der Waals surface area contributed by atoms with E-state index in [0.717, 1.165) is 33.0 Å². The number of allylic oxidation sites excluding steroid dienone is 1. The molecule has 9 heteroatoms. The second-order valence-corrected chi connectivity index (χ2v) is 9.22. The van der Waals surface area contributed by atoms with Gasteiger partial charge in [0.05, 0.1) is 25.3 Å². The van der Waals surface area contributed by atoms with E-state index in [-0.39, 0.29) is 6.03 Å². The van der Waals surface area contributed by atoms with E-state index in [9.17, 15) is 4.79 Å². The maximum atomic E-state index is 13.1. The summed E-state index contributed by atoms with van der Waals surface area (Å²) in [7, 11) is 1.62. The summed E-state index contributed by atoms with van der Waals surface area (Å²) in [4.78, 5) is 20.6. The highest BCUT2D eigenvalue weighted by atomic mass is 35.5. The second kappa shape index (κ2) is 9.32. The summed E-state index contributed by atoms with van der Waals surface area (Å²) in [6.45, 7) is 2.34. The lowest BCUT2D eigenvalue weighted by Gasteiger charge is -2.35. The minimum Gasteiger partial charge on any atom is -0.497 e. The molecule has 0 radical (unpaired) electrons. The molecule has 4 aromatic rings. The monoisotopic (exact) mass is 492 g/mol. The number of nitrogens with one attached hydrogen (secondary N) is 1. The average molecular weight is 493 g/mol. The van der Waals surface area contributed by atoms with Crippen LogP contribution in [-0.4, -0.2) is 28.2 Å². The molecular formula is C25H21ClN4O3S. The van der Waals surface area contributed by atoms with Gasteiger partial charge in [-0.05, 0) is 60.3 Å². The van der Waals surface area contributed by atoms with E-state index in [4.69, 9.17) is 20.9 Å². The quantitative estimate of drug-likeness (QED) is 0.348. The van der Waals surface area contributed by atoms with Gasteiger partial charge in [0.2, 0.25) is 5.82 Å². The first-order valence-corrected chi connectivity index (χ1v) is 11.8. The van der Waals surface area contributed by atoms with E-state index in [1.165, 1.54) is 0 Å². The van der Waals surface area contributed by atoms with Crippen LogP contribution in [0.4, 0.5) is 4.79 Å². The number of carbonyl (C=O) groups is 1. The minimum atomic E-state index is -0.491. The van der Waals surface area contributed by atoms with Crippen LogP contribution in [0.1, 0.15) is 29.3 Å². The fourth-order valence-electron chi connectivity index (χ4n) is 3.93. The molecule has 1 aliphatic rings. The fourth-order valence-corrected chi connectivity index (χ4v) is 4.82. The van der Waals surface area contributed by atoms with Crippen LogP contribution in [-0.2, 0) is 6.54 Å². The molecule has 1 atom stereocenters. The predicted octanol–water partition coefficient (Wildman–Crippen LogP) is 6.16. The van der Waals surface area contributed by atoms with E-state index >= 15 is 0 Å². The molecule has 3 heterocycles. The number of aromatic nitrogens is 2. The van der Waals surface area contributed by atoms with Crippen molar-refractivity contribution in [1.82, 2.24) is 20.4 Å². The maximum absolute atomic E-state index is 13.1. The number of ether oxygens (including phenoxy) is 1. The number of hydrogen-bond donors (Lipinski definition) is 1. The average Bonchev–Trinajstić information content (AvgIpc) is 3.54. The lowest BCUT2D eigenvalue weighted by molar-refractivity contribution is 0.203. The third kappa shape index (κ3) is 4.30. The molecule has 2 aromatic heterocycles. The van der Waals surface area contributed by atoms with E-state index in [2.05, 4.69) is 15.5 Å². The van der Waals surface area contributed by atoms with Crippen molar-refractivity contribution < 1.29 is 14.1 Å². The third-order valence-corrected chi connectivity index (χ3v) is 6.77. The zero-order valence-corrected chi connectivity index (χ0v) is 20.1. The first-order chi connectivity index (χ1) is 16.5. The number of hydrogen-bond acceptors (Lipinski definition) is 6. The molecule has 0 aliphatic carbocycles. The second-order valence-electron chi connectivity index (χ2n) is 7.75. The maximum Gasteiger partial charge on any atom is 0.322 e. The van der Waals surface area contributed by atoms with Crippen LogP contribution in [0.5, 0.6) is 5.75 Å². The summed E-state index contributed by atoms with van der Waals surface area (Å²) in [5, 5.41) is 9.87. The third-order valence-electron chi connectivity index (χ3n) is 5.68. The minimum absolute atomic E-state index is 0.200. The van der Waals surface area contributed by atoms with Crippen molar-refractivity contribution in [2.75, 3.05) is 7.11 Å². The van der Waals surface area contributed by atoms with Gasteiger partial charge in [0, 0.05) is 21.2 Å². The molecule has 2 aromatic carbocycles. The largest absolute Gasteiger partial charge is 0.497 e. The smallest absolute Gasteiger partial charge is 0.322 e. The Labute approximate surface area is 205 Å². The number of benzene rings is 2. The molecule has 0 bridgehead atoms. The van der Waals surface area contributed by atoms with E-state index < -0.39 is 6.04 Å². The van der Waals surface area contributed by atoms with Crippen LogP contribution >= 0.6 is 22.9 Å². The van der Waals surface area contributed by atoms with Crippen LogP contribution in [0.3, 0.4) is 0 Å². The summed E-state index contributed by atoms with van der Waals surface area (Å²) in [6, 6.07) is 18.1. The molecule has 34 heavy (non-hydrogen) atoms. The fraction of sp³-hybridized carbons (Fsp3) is 0.160. The highest BCUT2D eigenvalue weighted by Gasteiger charge is 2.36.